The summed E-state index contributed by atoms with van der Waals surface area (Å²) in [7, 11) is 0. The summed E-state index contributed by atoms with van der Waals surface area (Å²) in [6, 6.07) is 9.66. The van der Waals surface area contributed by atoms with Crippen LogP contribution >= 0.6 is 0 Å². The highest BCUT2D eigenvalue weighted by Crippen LogP contribution is 2.46. The van der Waals surface area contributed by atoms with E-state index in [1.54, 1.807) is 0 Å². The average molecular weight is 346 g/mol. The van der Waals surface area contributed by atoms with Crippen LogP contribution in [0.5, 0.6) is 0 Å². The maximum atomic E-state index is 12.6. The molecule has 2 heterocycles. The number of nitrogens with zero attached hydrogens (tertiary/aromatic N) is 1. The maximum absolute atomic E-state index is 12.6. The molecule has 2 saturated heterocycles. The van der Waals surface area contributed by atoms with Crippen LogP contribution in [0.4, 0.5) is 0 Å². The number of ether oxygens (including phenoxy) is 1. The van der Waals surface area contributed by atoms with Crippen molar-refractivity contribution in [1.82, 2.24) is 4.90 Å². The molecular weight excluding hydrogens is 316 g/mol. The number of aliphatic hydroxyl groups is 1. The number of hydrogen-bond acceptors (Lipinski definition) is 5. The Morgan fingerprint density at radius 3 is 2.64 bits per heavy atom. The average Bonchev–Trinajstić information content (AvgIpc) is 2.76. The normalized spacial score (nSPS) is 30.9. The molecule has 0 aliphatic carbocycles. The van der Waals surface area contributed by atoms with Crippen LogP contribution < -0.4 is 5.73 Å². The van der Waals surface area contributed by atoms with Gasteiger partial charge in [-0.3, -0.25) is 9.69 Å². The fraction of sp³-hybridized carbons (Fsp3) is 0.650. The summed E-state index contributed by atoms with van der Waals surface area (Å²) in [6.45, 7) is 6.32. The zero-order valence-electron chi connectivity index (χ0n) is 15.4. The van der Waals surface area contributed by atoms with Gasteiger partial charge in [-0.15, -0.1) is 0 Å². The van der Waals surface area contributed by atoms with Gasteiger partial charge >= 0.3 is 5.97 Å². The second-order valence-corrected chi connectivity index (χ2v) is 8.48. The summed E-state index contributed by atoms with van der Waals surface area (Å²) in [5.74, 6) is -0.987. The van der Waals surface area contributed by atoms with Crippen LogP contribution in [0, 0.1) is 0 Å². The molecule has 3 N–H and O–H groups in total. The van der Waals surface area contributed by atoms with Crippen LogP contribution in [0.1, 0.15) is 57.9 Å². The lowest BCUT2D eigenvalue weighted by Crippen LogP contribution is -2.65. The van der Waals surface area contributed by atoms with E-state index in [9.17, 15) is 9.90 Å². The van der Waals surface area contributed by atoms with Gasteiger partial charge in [0.15, 0.2) is 0 Å². The van der Waals surface area contributed by atoms with E-state index in [1.807, 2.05) is 30.3 Å². The van der Waals surface area contributed by atoms with Crippen molar-refractivity contribution in [2.75, 3.05) is 6.61 Å². The van der Waals surface area contributed by atoms with Gasteiger partial charge in [0.2, 0.25) is 0 Å². The number of carbonyl (C=O) groups is 1. The molecule has 1 aromatic carbocycles. The van der Waals surface area contributed by atoms with E-state index < -0.39 is 11.6 Å². The van der Waals surface area contributed by atoms with Crippen LogP contribution in [-0.4, -0.2) is 45.9 Å². The van der Waals surface area contributed by atoms with E-state index in [2.05, 4.69) is 25.7 Å². The Balaban J connectivity index is 1.70. The SMILES string of the molecule is CC(C)(C)N1[C@H]2CC[C@]1(N)C[C@H](OC(=O)C(CO)c1ccccc1)C2. The lowest BCUT2D eigenvalue weighted by atomic mass is 9.89. The van der Waals surface area contributed by atoms with Crippen LogP contribution in [0.15, 0.2) is 30.3 Å². The number of benzene rings is 1. The van der Waals surface area contributed by atoms with Crippen LogP contribution in [0.2, 0.25) is 0 Å². The van der Waals surface area contributed by atoms with Crippen molar-refractivity contribution in [1.29, 1.82) is 0 Å². The predicted octanol–water partition coefficient (Wildman–Crippen LogP) is 2.39. The molecule has 1 unspecified atom stereocenters. The molecule has 2 fully saturated rings. The smallest absolute Gasteiger partial charge is 0.316 e. The quantitative estimate of drug-likeness (QED) is 0.819. The molecule has 2 aliphatic rings. The predicted molar refractivity (Wildman–Crippen MR) is 96.9 cm³/mol. The van der Waals surface area contributed by atoms with Crippen molar-refractivity contribution >= 4 is 5.97 Å². The largest absolute Gasteiger partial charge is 0.462 e. The highest BCUT2D eigenvalue weighted by molar-refractivity contribution is 5.78. The molecular formula is C20H30N2O3. The minimum Gasteiger partial charge on any atom is -0.462 e. The number of hydrogen-bond donors (Lipinski definition) is 2. The Hall–Kier alpha value is -1.43. The molecule has 3 rings (SSSR count). The summed E-state index contributed by atoms with van der Waals surface area (Å²) in [5, 5.41) is 9.66. The Bertz CT molecular complexity index is 613. The molecule has 0 amide bonds. The molecule has 1 aromatic rings. The Morgan fingerprint density at radius 2 is 2.08 bits per heavy atom. The van der Waals surface area contributed by atoms with Crippen molar-refractivity contribution in [2.45, 2.75) is 75.7 Å². The lowest BCUT2D eigenvalue weighted by molar-refractivity contribution is -0.160. The van der Waals surface area contributed by atoms with Gasteiger partial charge in [-0.2, -0.15) is 0 Å². The number of carbonyl (C=O) groups excluding carboxylic acids is 1. The van der Waals surface area contributed by atoms with Crippen LogP contribution in [-0.2, 0) is 9.53 Å². The van der Waals surface area contributed by atoms with Crippen LogP contribution in [0.3, 0.4) is 0 Å². The molecule has 138 valence electrons. The molecule has 2 aliphatic heterocycles. The Morgan fingerprint density at radius 1 is 1.40 bits per heavy atom. The number of nitrogens with two attached hydrogens (primary N) is 1. The van der Waals surface area contributed by atoms with Crippen molar-refractivity contribution in [3.8, 4) is 0 Å². The van der Waals surface area contributed by atoms with Gasteiger partial charge in [-0.05, 0) is 39.2 Å². The molecule has 4 atom stereocenters. The standard InChI is InChI=1S/C20H30N2O3/c1-19(2,3)22-15-9-10-20(22,21)12-16(11-15)25-18(24)17(13-23)14-7-5-4-6-8-14/h4-8,15-17,23H,9-13,21H2,1-3H3/t15-,16+,17?,20+/m0/s1. The van der Waals surface area contributed by atoms with E-state index >= 15 is 0 Å². The summed E-state index contributed by atoms with van der Waals surface area (Å²) in [4.78, 5) is 15.0. The van der Waals surface area contributed by atoms with E-state index in [1.165, 1.54) is 0 Å². The second-order valence-electron chi connectivity index (χ2n) is 8.48. The fourth-order valence-corrected chi connectivity index (χ4v) is 4.79. The Labute approximate surface area is 150 Å². The third-order valence-electron chi connectivity index (χ3n) is 5.55. The van der Waals surface area contributed by atoms with Crippen molar-refractivity contribution in [2.24, 2.45) is 5.73 Å². The van der Waals surface area contributed by atoms with Gasteiger partial charge in [-0.1, -0.05) is 30.3 Å². The molecule has 5 heteroatoms. The first-order valence-corrected chi connectivity index (χ1v) is 9.19. The van der Waals surface area contributed by atoms with Gasteiger partial charge < -0.3 is 15.6 Å². The lowest BCUT2D eigenvalue weighted by Gasteiger charge is -2.51. The van der Waals surface area contributed by atoms with Crippen molar-refractivity contribution in [3.63, 3.8) is 0 Å². The third kappa shape index (κ3) is 3.59. The number of rotatable bonds is 4. The molecule has 0 radical (unpaired) electrons. The van der Waals surface area contributed by atoms with Gasteiger partial charge in [0, 0.05) is 24.4 Å². The van der Waals surface area contributed by atoms with E-state index in [0.29, 0.717) is 12.5 Å². The van der Waals surface area contributed by atoms with Crippen LogP contribution in [0.25, 0.3) is 0 Å². The maximum Gasteiger partial charge on any atom is 0.316 e. The third-order valence-corrected chi connectivity index (χ3v) is 5.55. The second kappa shape index (κ2) is 6.71. The monoisotopic (exact) mass is 346 g/mol. The number of esters is 1. The minimum atomic E-state index is -0.631. The summed E-state index contributed by atoms with van der Waals surface area (Å²) < 4.78 is 5.80. The first-order chi connectivity index (χ1) is 11.7. The van der Waals surface area contributed by atoms with Gasteiger partial charge in [0.1, 0.15) is 12.0 Å². The topological polar surface area (TPSA) is 75.8 Å². The Kier molecular flexibility index (Phi) is 4.93. The zero-order valence-corrected chi connectivity index (χ0v) is 15.4. The number of piperidine rings is 1. The summed E-state index contributed by atoms with van der Waals surface area (Å²) in [6.07, 6.45) is 3.27. The van der Waals surface area contributed by atoms with Crippen molar-refractivity contribution < 1.29 is 14.6 Å². The first-order valence-electron chi connectivity index (χ1n) is 9.19. The zero-order chi connectivity index (χ0) is 18.2. The number of aliphatic hydroxyl groups excluding tert-OH is 1. The van der Waals surface area contributed by atoms with Gasteiger partial charge in [0.25, 0.3) is 0 Å². The highest BCUT2D eigenvalue weighted by atomic mass is 16.5. The molecule has 25 heavy (non-hydrogen) atoms. The highest BCUT2D eigenvalue weighted by Gasteiger charge is 2.54. The van der Waals surface area contributed by atoms with Gasteiger partial charge in [0.05, 0.1) is 12.3 Å². The van der Waals surface area contributed by atoms with Crippen molar-refractivity contribution in [3.05, 3.63) is 35.9 Å². The minimum absolute atomic E-state index is 0.00255. The molecule has 0 spiro atoms. The molecule has 5 nitrogen and oxygen atoms in total. The first kappa shape index (κ1) is 18.4. The molecule has 0 aromatic heterocycles. The van der Waals surface area contributed by atoms with Gasteiger partial charge in [-0.25, -0.2) is 0 Å². The molecule has 2 bridgehead atoms. The summed E-state index contributed by atoms with van der Waals surface area (Å²) >= 11 is 0. The van der Waals surface area contributed by atoms with E-state index in [0.717, 1.165) is 24.8 Å². The number of fused-ring (bicyclic) bond motifs is 2. The van der Waals surface area contributed by atoms with E-state index in [4.69, 9.17) is 10.5 Å². The van der Waals surface area contributed by atoms with E-state index in [-0.39, 0.29) is 24.2 Å². The fourth-order valence-electron chi connectivity index (χ4n) is 4.79. The summed E-state index contributed by atoms with van der Waals surface area (Å²) in [5.41, 5.74) is 7.08. The molecule has 0 saturated carbocycles.